The van der Waals surface area contributed by atoms with Gasteiger partial charge in [0.2, 0.25) is 5.78 Å². The van der Waals surface area contributed by atoms with Gasteiger partial charge in [-0.25, -0.2) is 4.98 Å². The van der Waals surface area contributed by atoms with Crippen molar-refractivity contribution < 1.29 is 9.53 Å². The van der Waals surface area contributed by atoms with Crippen LogP contribution in [0.5, 0.6) is 0 Å². The van der Waals surface area contributed by atoms with Crippen molar-refractivity contribution in [1.82, 2.24) is 19.6 Å². The normalized spacial score (nSPS) is 14.4. The molecule has 7 nitrogen and oxygen atoms in total. The molecule has 5 rings (SSSR count). The minimum absolute atomic E-state index is 0.146. The van der Waals surface area contributed by atoms with Gasteiger partial charge < -0.3 is 9.64 Å². The van der Waals surface area contributed by atoms with E-state index in [9.17, 15) is 4.79 Å². The van der Waals surface area contributed by atoms with Crippen LogP contribution in [0.4, 0.5) is 5.82 Å². The Labute approximate surface area is 179 Å². The van der Waals surface area contributed by atoms with Crippen molar-refractivity contribution in [2.75, 3.05) is 31.2 Å². The van der Waals surface area contributed by atoms with Crippen molar-refractivity contribution in [3.63, 3.8) is 0 Å². The second-order valence-electron chi connectivity index (χ2n) is 7.24. The Morgan fingerprint density at radius 3 is 2.55 bits per heavy atom. The Hall–Kier alpha value is -3.84. The summed E-state index contributed by atoms with van der Waals surface area (Å²) < 4.78 is 7.31. The van der Waals surface area contributed by atoms with E-state index in [1.807, 2.05) is 54.6 Å². The van der Waals surface area contributed by atoms with E-state index in [1.165, 1.54) is 0 Å². The van der Waals surface area contributed by atoms with E-state index in [2.05, 4.69) is 14.9 Å². The summed E-state index contributed by atoms with van der Waals surface area (Å²) in [5, 5.41) is 4.77. The molecular formula is C24H21N5O2. The monoisotopic (exact) mass is 411 g/mol. The summed E-state index contributed by atoms with van der Waals surface area (Å²) in [6.07, 6.45) is 6.84. The van der Waals surface area contributed by atoms with E-state index in [1.54, 1.807) is 29.1 Å². The van der Waals surface area contributed by atoms with Crippen molar-refractivity contribution in [2.45, 2.75) is 0 Å². The van der Waals surface area contributed by atoms with Gasteiger partial charge in [0.25, 0.3) is 0 Å². The maximum Gasteiger partial charge on any atom is 0.204 e. The molecule has 1 aromatic carbocycles. The van der Waals surface area contributed by atoms with Gasteiger partial charge in [-0.1, -0.05) is 36.4 Å². The molecule has 1 saturated heterocycles. The van der Waals surface area contributed by atoms with Crippen LogP contribution >= 0.6 is 0 Å². The maximum absolute atomic E-state index is 12.9. The lowest BCUT2D eigenvalue weighted by Gasteiger charge is -2.29. The topological polar surface area (TPSA) is 72.6 Å². The van der Waals surface area contributed by atoms with Gasteiger partial charge in [0.05, 0.1) is 18.9 Å². The lowest BCUT2D eigenvalue weighted by molar-refractivity contribution is 0.104. The minimum Gasteiger partial charge on any atom is -0.378 e. The van der Waals surface area contributed by atoms with Crippen LogP contribution in [0.25, 0.3) is 23.0 Å². The maximum atomic E-state index is 12.9. The van der Waals surface area contributed by atoms with Gasteiger partial charge in [-0.15, -0.1) is 0 Å². The second kappa shape index (κ2) is 8.49. The van der Waals surface area contributed by atoms with E-state index in [0.717, 1.165) is 35.7 Å². The Balaban J connectivity index is 1.57. The number of fused-ring (bicyclic) bond motifs is 1. The number of anilines is 1. The fraction of sp³-hybridized carbons (Fsp3) is 0.167. The first kappa shape index (κ1) is 19.1. The van der Waals surface area contributed by atoms with Crippen LogP contribution in [-0.4, -0.2) is 51.7 Å². The fourth-order valence-electron chi connectivity index (χ4n) is 3.59. The molecule has 0 atom stereocenters. The SMILES string of the molecule is O=C(C=Cc1ccccc1)c1cc(N2CCOCC2)n2nc(-c3ccncc3)cc2n1. The van der Waals surface area contributed by atoms with Gasteiger partial charge in [0.1, 0.15) is 11.5 Å². The fourth-order valence-corrected chi connectivity index (χ4v) is 3.59. The van der Waals surface area contributed by atoms with E-state index >= 15 is 0 Å². The number of nitrogens with zero attached hydrogens (tertiary/aromatic N) is 5. The molecule has 0 amide bonds. The van der Waals surface area contributed by atoms with Gasteiger partial charge >= 0.3 is 0 Å². The van der Waals surface area contributed by atoms with E-state index < -0.39 is 0 Å². The molecule has 7 heteroatoms. The zero-order chi connectivity index (χ0) is 21.0. The highest BCUT2D eigenvalue weighted by atomic mass is 16.5. The summed E-state index contributed by atoms with van der Waals surface area (Å²) in [6, 6.07) is 17.3. The molecule has 1 aliphatic heterocycles. The van der Waals surface area contributed by atoms with Crippen LogP contribution in [-0.2, 0) is 4.74 Å². The first-order chi connectivity index (χ1) is 15.3. The summed E-state index contributed by atoms with van der Waals surface area (Å²) >= 11 is 0. The van der Waals surface area contributed by atoms with Crippen LogP contribution in [0, 0.1) is 0 Å². The number of hydrogen-bond donors (Lipinski definition) is 0. The van der Waals surface area contributed by atoms with Crippen LogP contribution in [0.15, 0.2) is 73.1 Å². The Morgan fingerprint density at radius 1 is 1.00 bits per heavy atom. The molecule has 0 N–H and O–H groups in total. The highest BCUT2D eigenvalue weighted by Gasteiger charge is 2.19. The van der Waals surface area contributed by atoms with E-state index in [-0.39, 0.29) is 5.78 Å². The van der Waals surface area contributed by atoms with Gasteiger partial charge in [-0.2, -0.15) is 9.61 Å². The molecule has 0 spiro atoms. The number of allylic oxidation sites excluding steroid dienone is 1. The summed E-state index contributed by atoms with van der Waals surface area (Å²) in [4.78, 5) is 23.8. The van der Waals surface area contributed by atoms with Crippen LogP contribution in [0.1, 0.15) is 16.1 Å². The van der Waals surface area contributed by atoms with Crippen molar-refractivity contribution in [3.8, 4) is 11.3 Å². The first-order valence-electron chi connectivity index (χ1n) is 10.2. The predicted molar refractivity (Wildman–Crippen MR) is 119 cm³/mol. The molecule has 31 heavy (non-hydrogen) atoms. The molecule has 1 fully saturated rings. The lowest BCUT2D eigenvalue weighted by Crippen LogP contribution is -2.37. The standard InChI is InChI=1S/C24H21N5O2/c30-22(7-6-18-4-2-1-3-5-18)21-17-24(28-12-14-31-15-13-28)29-23(26-21)16-20(27-29)19-8-10-25-11-9-19/h1-11,16-17H,12-15H2. The van der Waals surface area contributed by atoms with E-state index in [0.29, 0.717) is 24.6 Å². The number of pyridine rings is 1. The number of carbonyl (C=O) groups excluding carboxylic acids is 1. The third-order valence-electron chi connectivity index (χ3n) is 5.20. The second-order valence-corrected chi connectivity index (χ2v) is 7.24. The van der Waals surface area contributed by atoms with E-state index in [4.69, 9.17) is 9.84 Å². The summed E-state index contributed by atoms with van der Waals surface area (Å²) in [5.74, 6) is 0.692. The quantitative estimate of drug-likeness (QED) is 0.370. The molecule has 0 radical (unpaired) electrons. The molecular weight excluding hydrogens is 390 g/mol. The van der Waals surface area contributed by atoms with Crippen LogP contribution in [0.2, 0.25) is 0 Å². The smallest absolute Gasteiger partial charge is 0.204 e. The third-order valence-corrected chi connectivity index (χ3v) is 5.20. The summed E-state index contributed by atoms with van der Waals surface area (Å²) in [7, 11) is 0. The molecule has 0 unspecified atom stereocenters. The largest absolute Gasteiger partial charge is 0.378 e. The summed E-state index contributed by atoms with van der Waals surface area (Å²) in [6.45, 7) is 2.74. The van der Waals surface area contributed by atoms with Crippen molar-refractivity contribution in [2.24, 2.45) is 0 Å². The number of ketones is 1. The summed E-state index contributed by atoms with van der Waals surface area (Å²) in [5.41, 5.74) is 3.73. The molecule has 3 aromatic heterocycles. The number of ether oxygens (including phenoxy) is 1. The molecule has 0 saturated carbocycles. The van der Waals surface area contributed by atoms with Crippen molar-refractivity contribution in [1.29, 1.82) is 0 Å². The van der Waals surface area contributed by atoms with Crippen LogP contribution < -0.4 is 4.90 Å². The highest BCUT2D eigenvalue weighted by Crippen LogP contribution is 2.24. The molecule has 154 valence electrons. The number of aromatic nitrogens is 4. The minimum atomic E-state index is -0.146. The van der Waals surface area contributed by atoms with Crippen LogP contribution in [0.3, 0.4) is 0 Å². The number of carbonyl (C=O) groups is 1. The first-order valence-corrected chi connectivity index (χ1v) is 10.2. The zero-order valence-electron chi connectivity index (χ0n) is 16.9. The highest BCUT2D eigenvalue weighted by molar-refractivity contribution is 6.06. The van der Waals surface area contributed by atoms with Gasteiger partial charge in [-0.3, -0.25) is 9.78 Å². The number of benzene rings is 1. The van der Waals surface area contributed by atoms with Crippen molar-refractivity contribution in [3.05, 3.63) is 84.3 Å². The lowest BCUT2D eigenvalue weighted by atomic mass is 10.1. The molecule has 4 aromatic rings. The predicted octanol–water partition coefficient (Wildman–Crippen LogP) is 3.52. The Bertz CT molecular complexity index is 1230. The van der Waals surface area contributed by atoms with Gasteiger partial charge in [0, 0.05) is 43.2 Å². The average molecular weight is 411 g/mol. The number of hydrogen-bond acceptors (Lipinski definition) is 6. The van der Waals surface area contributed by atoms with Gasteiger partial charge in [0.15, 0.2) is 5.65 Å². The Morgan fingerprint density at radius 2 is 1.77 bits per heavy atom. The molecule has 1 aliphatic rings. The molecule has 4 heterocycles. The molecule has 0 aliphatic carbocycles. The van der Waals surface area contributed by atoms with Crippen molar-refractivity contribution >= 4 is 23.3 Å². The number of morpholine rings is 1. The average Bonchev–Trinajstić information content (AvgIpc) is 3.28. The third kappa shape index (κ3) is 4.08. The zero-order valence-corrected chi connectivity index (χ0v) is 16.9. The van der Waals surface area contributed by atoms with Gasteiger partial charge in [-0.05, 0) is 23.8 Å². The Kier molecular flexibility index (Phi) is 5.24. The molecule has 0 bridgehead atoms. The number of rotatable bonds is 5.